The number of aromatic nitrogens is 1. The van der Waals surface area contributed by atoms with Crippen molar-refractivity contribution in [2.45, 2.75) is 26.2 Å². The van der Waals surface area contributed by atoms with Crippen LogP contribution in [0.4, 0.5) is 9.93 Å². The molecule has 2 aromatic carbocycles. The van der Waals surface area contributed by atoms with Gasteiger partial charge in [0.15, 0.2) is 5.13 Å². The number of carboxylic acid groups (broad SMARTS) is 1. The zero-order chi connectivity index (χ0) is 24.2. The summed E-state index contributed by atoms with van der Waals surface area (Å²) in [5.41, 5.74) is 4.97. The largest absolute Gasteiger partial charge is 0.481 e. The minimum atomic E-state index is -0.957. The third kappa shape index (κ3) is 4.79. The van der Waals surface area contributed by atoms with Crippen molar-refractivity contribution in [1.82, 2.24) is 10.3 Å². The lowest BCUT2D eigenvalue weighted by Crippen LogP contribution is -2.32. The Morgan fingerprint density at radius 3 is 2.29 bits per heavy atom. The Hall–Kier alpha value is -3.72. The maximum Gasteiger partial charge on any atom is 0.413 e. The first kappa shape index (κ1) is 23.4. The molecule has 9 heteroatoms. The van der Waals surface area contributed by atoms with Crippen LogP contribution in [0.5, 0.6) is 0 Å². The second kappa shape index (κ2) is 10.0. The molecule has 3 aromatic rings. The molecular weight excluding hydrogens is 454 g/mol. The highest BCUT2D eigenvalue weighted by Crippen LogP contribution is 2.44. The third-order valence-electron chi connectivity index (χ3n) is 5.91. The van der Waals surface area contributed by atoms with Gasteiger partial charge in [-0.3, -0.25) is 14.9 Å². The van der Waals surface area contributed by atoms with Crippen LogP contribution in [-0.2, 0) is 9.53 Å². The van der Waals surface area contributed by atoms with E-state index >= 15 is 0 Å². The van der Waals surface area contributed by atoms with Crippen LogP contribution in [-0.4, -0.2) is 41.2 Å². The molecule has 0 bridgehead atoms. The van der Waals surface area contributed by atoms with Gasteiger partial charge in [0.2, 0.25) is 0 Å². The molecule has 2 amide bonds. The number of carbonyl (C=O) groups is 3. The second-order valence-electron chi connectivity index (χ2n) is 8.04. The van der Waals surface area contributed by atoms with Gasteiger partial charge >= 0.3 is 12.1 Å². The molecule has 0 radical (unpaired) electrons. The van der Waals surface area contributed by atoms with E-state index in [1.807, 2.05) is 36.4 Å². The van der Waals surface area contributed by atoms with Crippen LogP contribution in [0.1, 0.15) is 45.8 Å². The number of anilines is 1. The van der Waals surface area contributed by atoms with Gasteiger partial charge in [0.25, 0.3) is 5.91 Å². The van der Waals surface area contributed by atoms with Crippen LogP contribution in [0.2, 0.25) is 0 Å². The third-order valence-corrected chi connectivity index (χ3v) is 6.98. The zero-order valence-corrected chi connectivity index (χ0v) is 19.6. The van der Waals surface area contributed by atoms with E-state index in [2.05, 4.69) is 27.8 Å². The Morgan fingerprint density at radius 1 is 1.09 bits per heavy atom. The van der Waals surface area contributed by atoms with Crippen LogP contribution in [0.15, 0.2) is 48.5 Å². The fourth-order valence-corrected chi connectivity index (χ4v) is 4.95. The molecule has 176 valence electrons. The highest BCUT2D eigenvalue weighted by atomic mass is 32.1. The van der Waals surface area contributed by atoms with Crippen LogP contribution >= 0.6 is 11.3 Å². The maximum atomic E-state index is 12.5. The highest BCUT2D eigenvalue weighted by molar-refractivity contribution is 7.17. The van der Waals surface area contributed by atoms with E-state index in [9.17, 15) is 14.4 Å². The van der Waals surface area contributed by atoms with E-state index in [0.29, 0.717) is 17.0 Å². The van der Waals surface area contributed by atoms with E-state index in [0.717, 1.165) is 33.6 Å². The Morgan fingerprint density at radius 2 is 1.71 bits per heavy atom. The molecule has 1 unspecified atom stereocenters. The van der Waals surface area contributed by atoms with E-state index in [1.165, 1.54) is 0 Å². The summed E-state index contributed by atoms with van der Waals surface area (Å²) in [6.45, 7) is 3.60. The summed E-state index contributed by atoms with van der Waals surface area (Å²) in [4.78, 5) is 40.6. The minimum Gasteiger partial charge on any atom is -0.481 e. The van der Waals surface area contributed by atoms with Gasteiger partial charge in [-0.25, -0.2) is 9.78 Å². The molecule has 0 aliphatic heterocycles. The summed E-state index contributed by atoms with van der Waals surface area (Å²) in [5, 5.41) is 14.6. The van der Waals surface area contributed by atoms with Crippen molar-refractivity contribution in [2.75, 3.05) is 18.5 Å². The summed E-state index contributed by atoms with van der Waals surface area (Å²) in [5.74, 6) is -2.09. The highest BCUT2D eigenvalue weighted by Gasteiger charge is 2.29. The molecule has 4 rings (SSSR count). The molecular formula is C25H25N3O5S. The normalized spacial score (nSPS) is 13.0. The van der Waals surface area contributed by atoms with Crippen molar-refractivity contribution in [3.05, 3.63) is 70.2 Å². The number of hydrogen-bond acceptors (Lipinski definition) is 6. The fourth-order valence-electron chi connectivity index (χ4n) is 4.08. The van der Waals surface area contributed by atoms with E-state index in [-0.39, 0.29) is 24.2 Å². The summed E-state index contributed by atoms with van der Waals surface area (Å²) in [6.07, 6.45) is -0.245. The van der Waals surface area contributed by atoms with Gasteiger partial charge in [-0.2, -0.15) is 0 Å². The van der Waals surface area contributed by atoms with E-state index < -0.39 is 23.9 Å². The Labute approximate surface area is 201 Å². The molecule has 1 aliphatic rings. The Balaban J connectivity index is 1.37. The molecule has 0 spiro atoms. The minimum absolute atomic E-state index is 0.0249. The quantitative estimate of drug-likeness (QED) is 0.433. The molecule has 1 aromatic heterocycles. The summed E-state index contributed by atoms with van der Waals surface area (Å²) < 4.78 is 5.52. The molecule has 1 aliphatic carbocycles. The number of carboxylic acids is 1. The number of aliphatic carboxylic acids is 1. The first-order chi connectivity index (χ1) is 16.4. The van der Waals surface area contributed by atoms with Gasteiger partial charge in [0.05, 0.1) is 11.6 Å². The lowest BCUT2D eigenvalue weighted by molar-refractivity contribution is -0.141. The molecule has 0 saturated heterocycles. The summed E-state index contributed by atoms with van der Waals surface area (Å²) in [7, 11) is 0. The van der Waals surface area contributed by atoms with Crippen LogP contribution < -0.4 is 10.6 Å². The number of fused-ring (bicyclic) bond motifs is 3. The van der Waals surface area contributed by atoms with Gasteiger partial charge in [-0.15, -0.1) is 0 Å². The fraction of sp³-hybridized carbons (Fsp3) is 0.280. The molecule has 1 heterocycles. The van der Waals surface area contributed by atoms with Crippen molar-refractivity contribution >= 4 is 34.4 Å². The van der Waals surface area contributed by atoms with Crippen molar-refractivity contribution in [2.24, 2.45) is 5.92 Å². The standard InChI is InChI=1S/C25H25N3O5S/c1-3-15(23(30)31)12-26-22(29)21-14(2)27-24(34-21)28-25(32)33-13-20-18-10-6-4-8-16(18)17-9-5-7-11-19(17)20/h4-11,15,20H,3,12-13H2,1-2H3,(H,26,29)(H,30,31)(H,27,28,32). The average Bonchev–Trinajstić information content (AvgIpc) is 3.35. The number of nitrogens with one attached hydrogen (secondary N) is 2. The van der Waals surface area contributed by atoms with Crippen molar-refractivity contribution in [1.29, 1.82) is 0 Å². The number of hydrogen-bond donors (Lipinski definition) is 3. The van der Waals surface area contributed by atoms with E-state index in [1.54, 1.807) is 13.8 Å². The predicted octanol–water partition coefficient (Wildman–Crippen LogP) is 4.65. The van der Waals surface area contributed by atoms with Crippen molar-refractivity contribution < 1.29 is 24.2 Å². The van der Waals surface area contributed by atoms with Gasteiger partial charge in [-0.05, 0) is 35.6 Å². The molecule has 3 N–H and O–H groups in total. The van der Waals surface area contributed by atoms with Crippen LogP contribution in [0.3, 0.4) is 0 Å². The maximum absolute atomic E-state index is 12.5. The number of benzene rings is 2. The zero-order valence-electron chi connectivity index (χ0n) is 18.8. The van der Waals surface area contributed by atoms with Crippen molar-refractivity contribution in [3.63, 3.8) is 0 Å². The first-order valence-corrected chi connectivity index (χ1v) is 11.8. The molecule has 1 atom stereocenters. The molecule has 0 fully saturated rings. The number of nitrogens with zero attached hydrogens (tertiary/aromatic N) is 1. The SMILES string of the molecule is CCC(CNC(=O)c1sc(NC(=O)OCC2c3ccccc3-c3ccccc32)nc1C)C(=O)O. The number of carbonyl (C=O) groups excluding carboxylic acids is 2. The van der Waals surface area contributed by atoms with Gasteiger partial charge in [-0.1, -0.05) is 66.8 Å². The Kier molecular flexibility index (Phi) is 6.93. The number of thiazole rings is 1. The smallest absolute Gasteiger partial charge is 0.413 e. The first-order valence-electron chi connectivity index (χ1n) is 11.0. The predicted molar refractivity (Wildman–Crippen MR) is 129 cm³/mol. The Bertz CT molecular complexity index is 1190. The number of ether oxygens (including phenoxy) is 1. The van der Waals surface area contributed by atoms with Crippen LogP contribution in [0.25, 0.3) is 11.1 Å². The average molecular weight is 480 g/mol. The van der Waals surface area contributed by atoms with Gasteiger partial charge < -0.3 is 15.2 Å². The number of amides is 2. The van der Waals surface area contributed by atoms with Gasteiger partial charge in [0, 0.05) is 12.5 Å². The summed E-state index contributed by atoms with van der Waals surface area (Å²) >= 11 is 1.02. The number of aryl methyl sites for hydroxylation is 1. The topological polar surface area (TPSA) is 118 Å². The summed E-state index contributed by atoms with van der Waals surface area (Å²) in [6, 6.07) is 16.2. The number of rotatable bonds is 8. The molecule has 8 nitrogen and oxygen atoms in total. The monoisotopic (exact) mass is 479 g/mol. The van der Waals surface area contributed by atoms with E-state index in [4.69, 9.17) is 9.84 Å². The second-order valence-corrected chi connectivity index (χ2v) is 9.04. The lowest BCUT2D eigenvalue weighted by Gasteiger charge is -2.14. The molecule has 0 saturated carbocycles. The van der Waals surface area contributed by atoms with Crippen LogP contribution in [0, 0.1) is 12.8 Å². The van der Waals surface area contributed by atoms with Gasteiger partial charge in [0.1, 0.15) is 11.5 Å². The molecule has 34 heavy (non-hydrogen) atoms. The lowest BCUT2D eigenvalue weighted by atomic mass is 9.98. The van der Waals surface area contributed by atoms with Crippen molar-refractivity contribution in [3.8, 4) is 11.1 Å².